The first-order valence-electron chi connectivity index (χ1n) is 8.41. The maximum absolute atomic E-state index is 14.2. The lowest BCUT2D eigenvalue weighted by molar-refractivity contribution is -0.146. The van der Waals surface area contributed by atoms with E-state index in [0.29, 0.717) is 6.41 Å². The number of benzene rings is 1. The summed E-state index contributed by atoms with van der Waals surface area (Å²) < 4.78 is 14.2. The molecule has 0 unspecified atom stereocenters. The number of carbonyl (C=O) groups is 2. The highest BCUT2D eigenvalue weighted by atomic mass is 19.1. The molecule has 27 heavy (non-hydrogen) atoms. The van der Waals surface area contributed by atoms with Gasteiger partial charge in [-0.1, -0.05) is 12.1 Å². The minimum Gasteiger partial charge on any atom is -0.385 e. The van der Waals surface area contributed by atoms with Gasteiger partial charge < -0.3 is 21.1 Å². The highest BCUT2D eigenvalue weighted by Gasteiger charge is 2.44. The third-order valence-electron chi connectivity index (χ3n) is 4.19. The van der Waals surface area contributed by atoms with Crippen LogP contribution in [0, 0.1) is 12.7 Å². The molecule has 4 N–H and O–H groups in total. The predicted octanol–water partition coefficient (Wildman–Crippen LogP) is 0.426. The molecule has 1 aromatic rings. The Kier molecular flexibility index (Phi) is 6.29. The number of aliphatic hydroxyl groups is 1. The van der Waals surface area contributed by atoms with Crippen LogP contribution in [0.25, 0.3) is 0 Å². The summed E-state index contributed by atoms with van der Waals surface area (Å²) in [5.41, 5.74) is 5.45. The van der Waals surface area contributed by atoms with Crippen molar-refractivity contribution in [1.29, 1.82) is 0 Å². The second kappa shape index (κ2) is 8.28. The normalized spacial score (nSPS) is 16.6. The third kappa shape index (κ3) is 4.69. The van der Waals surface area contributed by atoms with E-state index in [0.717, 1.165) is 10.6 Å². The van der Waals surface area contributed by atoms with Crippen molar-refractivity contribution in [3.05, 3.63) is 41.4 Å². The average molecular weight is 377 g/mol. The van der Waals surface area contributed by atoms with E-state index in [1.54, 1.807) is 32.1 Å². The number of allylic oxidation sites excluding steroid dienone is 1. The van der Waals surface area contributed by atoms with E-state index >= 15 is 0 Å². The standard InChI is InChI=1S/C18H24FN5O3/c1-4-14(21-15-6-5-12(2)7-13(15)19)16(22-23(3)11-25)17(26)24-9-18(27,8-20)10-24/h4-7,11,21,27H,8-10,20H2,1-3H3/b14-4+,22-16+. The van der Waals surface area contributed by atoms with Gasteiger partial charge in [-0.15, -0.1) is 0 Å². The Bertz CT molecular complexity index is 787. The van der Waals surface area contributed by atoms with Gasteiger partial charge in [-0.2, -0.15) is 5.10 Å². The molecule has 9 heteroatoms. The van der Waals surface area contributed by atoms with Crippen LogP contribution in [0.3, 0.4) is 0 Å². The zero-order valence-electron chi connectivity index (χ0n) is 15.6. The molecule has 0 aromatic heterocycles. The summed E-state index contributed by atoms with van der Waals surface area (Å²) in [6, 6.07) is 4.64. The minimum absolute atomic E-state index is 0.0286. The molecular weight excluding hydrogens is 353 g/mol. The number of nitrogens with zero attached hydrogens (tertiary/aromatic N) is 3. The van der Waals surface area contributed by atoms with Crippen molar-refractivity contribution in [2.24, 2.45) is 10.8 Å². The summed E-state index contributed by atoms with van der Waals surface area (Å²) in [7, 11) is 1.38. The zero-order chi connectivity index (χ0) is 20.2. The quantitative estimate of drug-likeness (QED) is 0.362. The van der Waals surface area contributed by atoms with Crippen molar-refractivity contribution in [2.75, 3.05) is 32.0 Å². The maximum atomic E-state index is 14.2. The van der Waals surface area contributed by atoms with Crippen LogP contribution in [0.1, 0.15) is 12.5 Å². The van der Waals surface area contributed by atoms with E-state index in [-0.39, 0.29) is 36.7 Å². The Balaban J connectivity index is 2.30. The summed E-state index contributed by atoms with van der Waals surface area (Å²) >= 11 is 0. The molecule has 1 fully saturated rings. The Labute approximate surface area is 157 Å². The second-order valence-corrected chi connectivity index (χ2v) is 6.53. The van der Waals surface area contributed by atoms with Crippen molar-refractivity contribution in [3.8, 4) is 0 Å². The number of hydrogen-bond acceptors (Lipinski definition) is 6. The van der Waals surface area contributed by atoms with E-state index in [2.05, 4.69) is 10.4 Å². The molecule has 1 aliphatic heterocycles. The fourth-order valence-corrected chi connectivity index (χ4v) is 2.61. The van der Waals surface area contributed by atoms with Crippen molar-refractivity contribution in [3.63, 3.8) is 0 Å². The van der Waals surface area contributed by atoms with Crippen LogP contribution in [0.5, 0.6) is 0 Å². The van der Waals surface area contributed by atoms with E-state index in [9.17, 15) is 19.1 Å². The smallest absolute Gasteiger partial charge is 0.276 e. The monoisotopic (exact) mass is 377 g/mol. The van der Waals surface area contributed by atoms with Crippen molar-refractivity contribution >= 4 is 23.7 Å². The van der Waals surface area contributed by atoms with Gasteiger partial charge in [0.05, 0.1) is 24.5 Å². The Morgan fingerprint density at radius 1 is 1.52 bits per heavy atom. The molecule has 1 aromatic carbocycles. The molecule has 0 bridgehead atoms. The largest absolute Gasteiger partial charge is 0.385 e. The fourth-order valence-electron chi connectivity index (χ4n) is 2.61. The number of aryl methyl sites for hydroxylation is 1. The van der Waals surface area contributed by atoms with Gasteiger partial charge in [0.25, 0.3) is 5.91 Å². The van der Waals surface area contributed by atoms with Gasteiger partial charge >= 0.3 is 0 Å². The molecule has 2 amide bonds. The van der Waals surface area contributed by atoms with Crippen molar-refractivity contribution < 1.29 is 19.1 Å². The number of halogens is 1. The number of nitrogens with one attached hydrogen (secondary N) is 1. The van der Waals surface area contributed by atoms with E-state index < -0.39 is 17.3 Å². The zero-order valence-corrected chi connectivity index (χ0v) is 15.6. The summed E-state index contributed by atoms with van der Waals surface area (Å²) in [5.74, 6) is -0.985. The summed E-state index contributed by atoms with van der Waals surface area (Å²) in [6.45, 7) is 3.57. The predicted molar refractivity (Wildman–Crippen MR) is 100 cm³/mol. The number of carbonyl (C=O) groups excluding carboxylic acids is 2. The molecule has 0 saturated carbocycles. The first kappa shape index (κ1) is 20.5. The highest BCUT2D eigenvalue weighted by Crippen LogP contribution is 2.22. The molecule has 1 saturated heterocycles. The van der Waals surface area contributed by atoms with Crippen LogP contribution in [-0.2, 0) is 9.59 Å². The number of rotatable bonds is 7. The lowest BCUT2D eigenvalue weighted by Crippen LogP contribution is -2.67. The number of nitrogens with two attached hydrogens (primary N) is 1. The summed E-state index contributed by atoms with van der Waals surface area (Å²) in [4.78, 5) is 25.2. The molecule has 0 atom stereocenters. The van der Waals surface area contributed by atoms with Crippen molar-refractivity contribution in [2.45, 2.75) is 19.4 Å². The second-order valence-electron chi connectivity index (χ2n) is 6.53. The van der Waals surface area contributed by atoms with Crippen LogP contribution in [0.4, 0.5) is 10.1 Å². The SMILES string of the molecule is C/C=C(Nc1ccc(C)cc1F)\C(=N/N(C)C=O)C(=O)N1CC(O)(CN)C1. The summed E-state index contributed by atoms with van der Waals surface area (Å²) in [5, 5.41) is 17.8. The number of hydrogen-bond donors (Lipinski definition) is 3. The number of amides is 2. The topological polar surface area (TPSA) is 111 Å². The molecule has 1 aliphatic rings. The first-order chi connectivity index (χ1) is 12.7. The lowest BCUT2D eigenvalue weighted by atomic mass is 9.93. The number of likely N-dealkylation sites (tertiary alicyclic amines) is 1. The number of anilines is 1. The van der Waals surface area contributed by atoms with Gasteiger partial charge in [0.15, 0.2) is 5.71 Å². The van der Waals surface area contributed by atoms with Gasteiger partial charge in [0.2, 0.25) is 6.41 Å². The Morgan fingerprint density at radius 2 is 2.19 bits per heavy atom. The van der Waals surface area contributed by atoms with Crippen LogP contribution >= 0.6 is 0 Å². The van der Waals surface area contributed by atoms with Gasteiger partial charge in [0, 0.05) is 13.6 Å². The number of β-amino-alcohol motifs (C(OH)–C–C–N with tert-alkyl or cyclic N) is 1. The summed E-state index contributed by atoms with van der Waals surface area (Å²) in [6.07, 6.45) is 2.00. The Morgan fingerprint density at radius 3 is 2.70 bits per heavy atom. The van der Waals surface area contributed by atoms with Crippen LogP contribution in [0.15, 0.2) is 35.1 Å². The van der Waals surface area contributed by atoms with Crippen LogP contribution in [0.2, 0.25) is 0 Å². The molecular formula is C18H24FN5O3. The Hall–Kier alpha value is -2.78. The molecule has 146 valence electrons. The molecule has 0 aliphatic carbocycles. The molecule has 8 nitrogen and oxygen atoms in total. The average Bonchev–Trinajstić information content (AvgIpc) is 2.62. The van der Waals surface area contributed by atoms with E-state index in [4.69, 9.17) is 5.73 Å². The fraction of sp³-hybridized carbons (Fsp3) is 0.389. The van der Waals surface area contributed by atoms with Gasteiger partial charge in [-0.05, 0) is 31.5 Å². The minimum atomic E-state index is -1.12. The van der Waals surface area contributed by atoms with E-state index in [1.807, 2.05) is 0 Å². The van der Waals surface area contributed by atoms with E-state index in [1.165, 1.54) is 18.0 Å². The lowest BCUT2D eigenvalue weighted by Gasteiger charge is -2.45. The molecule has 1 heterocycles. The van der Waals surface area contributed by atoms with Gasteiger partial charge in [0.1, 0.15) is 11.4 Å². The number of hydrazone groups is 1. The first-order valence-corrected chi connectivity index (χ1v) is 8.41. The van der Waals surface area contributed by atoms with Gasteiger partial charge in [-0.25, -0.2) is 9.40 Å². The van der Waals surface area contributed by atoms with Crippen LogP contribution in [-0.4, -0.2) is 65.3 Å². The van der Waals surface area contributed by atoms with Crippen LogP contribution < -0.4 is 11.1 Å². The van der Waals surface area contributed by atoms with Gasteiger partial charge in [-0.3, -0.25) is 9.59 Å². The molecule has 2 rings (SSSR count). The maximum Gasteiger partial charge on any atom is 0.276 e. The third-order valence-corrected chi connectivity index (χ3v) is 4.19. The van der Waals surface area contributed by atoms with Crippen molar-refractivity contribution in [1.82, 2.24) is 9.91 Å². The molecule has 0 spiro atoms. The molecule has 0 radical (unpaired) electrons. The highest BCUT2D eigenvalue weighted by molar-refractivity contribution is 6.46.